The molecule has 0 unspecified atom stereocenters. The zero-order valence-electron chi connectivity index (χ0n) is 4.51. The number of hydrogen-bond acceptors (Lipinski definition) is 3. The van der Waals surface area contributed by atoms with Gasteiger partial charge in [-0.05, 0) is 6.92 Å². The van der Waals surface area contributed by atoms with Gasteiger partial charge in [0.2, 0.25) is 6.29 Å². The summed E-state index contributed by atoms with van der Waals surface area (Å²) in [5, 5.41) is 0. The third-order valence-corrected chi connectivity index (χ3v) is 0.383. The Kier molecular flexibility index (Phi) is 20.8. The Morgan fingerprint density at radius 3 is 2.22 bits per heavy atom. The van der Waals surface area contributed by atoms with Gasteiger partial charge in [-0.15, -0.1) is 0 Å². The van der Waals surface area contributed by atoms with E-state index in [4.69, 9.17) is 0 Å². The van der Waals surface area contributed by atoms with E-state index in [1.807, 2.05) is 0 Å². The number of rotatable bonds is 2. The third-order valence-electron chi connectivity index (χ3n) is 0.383. The number of carbonyl (C=O) groups is 2. The van der Waals surface area contributed by atoms with Gasteiger partial charge < -0.3 is 10.2 Å². The molecule has 0 bridgehead atoms. The first kappa shape index (κ1) is 16.3. The van der Waals surface area contributed by atoms with Crippen LogP contribution in [0.3, 0.4) is 0 Å². The fourth-order valence-electron chi connectivity index (χ4n) is 0.176. The molecule has 0 amide bonds. The van der Waals surface area contributed by atoms with Crippen molar-refractivity contribution in [1.82, 2.24) is 0 Å². The Morgan fingerprint density at radius 2 is 2.11 bits per heavy atom. The molecule has 0 aliphatic rings. The molecule has 0 aromatic carbocycles. The molecule has 0 fully saturated rings. The number of ether oxygens (including phenoxy) is 1. The molecule has 2 N–H and O–H groups in total. The molecule has 0 saturated carbocycles. The number of esters is 1. The molecule has 0 aliphatic heterocycles. The van der Waals surface area contributed by atoms with Crippen LogP contribution in [0.5, 0.6) is 0 Å². The van der Waals surface area contributed by atoms with Gasteiger partial charge >= 0.3 is 54.9 Å². The SMILES string of the molecule is CCOC(=O)C=O.O.[BaH2]. The van der Waals surface area contributed by atoms with Gasteiger partial charge in [0.05, 0.1) is 6.61 Å². The van der Waals surface area contributed by atoms with E-state index in [1.54, 1.807) is 6.92 Å². The molecule has 5 heteroatoms. The van der Waals surface area contributed by atoms with Gasteiger partial charge in [0.25, 0.3) is 0 Å². The second kappa shape index (κ2) is 11.5. The van der Waals surface area contributed by atoms with E-state index in [0.29, 0.717) is 0 Å². The minimum absolute atomic E-state index is 0. The second-order valence-corrected chi connectivity index (χ2v) is 0.870. The third kappa shape index (κ3) is 12.0. The zero-order chi connectivity index (χ0) is 5.70. The molecule has 0 heterocycles. The van der Waals surface area contributed by atoms with Crippen molar-refractivity contribution in [2.75, 3.05) is 6.61 Å². The summed E-state index contributed by atoms with van der Waals surface area (Å²) in [6.45, 7) is 1.90. The van der Waals surface area contributed by atoms with E-state index in [1.165, 1.54) is 0 Å². The Hall–Kier alpha value is 0.671. The molecule has 52 valence electrons. The minimum atomic E-state index is -0.803. The standard InChI is InChI=1S/C4H6O3.Ba.H2O.2H/c1-2-7-4(6)3-5;;;;/h3H,2H2,1H3;;1H2;;. The number of hydrogen-bond donors (Lipinski definition) is 0. The predicted molar refractivity (Wildman–Crippen MR) is 34.9 cm³/mol. The summed E-state index contributed by atoms with van der Waals surface area (Å²) >= 11 is 0. The molecule has 4 nitrogen and oxygen atoms in total. The van der Waals surface area contributed by atoms with E-state index < -0.39 is 5.97 Å². The Bertz CT molecular complexity index is 82.6. The summed E-state index contributed by atoms with van der Waals surface area (Å²) in [7, 11) is 0. The van der Waals surface area contributed by atoms with Gasteiger partial charge in [0.1, 0.15) is 0 Å². The van der Waals surface area contributed by atoms with E-state index in [0.717, 1.165) is 0 Å². The summed E-state index contributed by atoms with van der Waals surface area (Å²) in [6, 6.07) is 0. The van der Waals surface area contributed by atoms with Crippen LogP contribution in [0.2, 0.25) is 0 Å². The Labute approximate surface area is 93.3 Å². The molecule has 0 aliphatic carbocycles. The van der Waals surface area contributed by atoms with Crippen LogP contribution in [-0.4, -0.2) is 73.2 Å². The molecule has 0 atom stereocenters. The molecular weight excluding hydrogens is 249 g/mol. The first-order valence-electron chi connectivity index (χ1n) is 1.93. The van der Waals surface area contributed by atoms with Gasteiger partial charge in [-0.2, -0.15) is 0 Å². The van der Waals surface area contributed by atoms with Gasteiger partial charge in [-0.25, -0.2) is 4.79 Å². The Morgan fingerprint density at radius 1 is 1.67 bits per heavy atom. The topological polar surface area (TPSA) is 74.9 Å². The van der Waals surface area contributed by atoms with E-state index >= 15 is 0 Å². The van der Waals surface area contributed by atoms with Crippen molar-refractivity contribution in [3.05, 3.63) is 0 Å². The molecule has 0 saturated heterocycles. The van der Waals surface area contributed by atoms with Gasteiger partial charge in [0.15, 0.2) is 0 Å². The van der Waals surface area contributed by atoms with E-state index in [2.05, 4.69) is 4.74 Å². The molecule has 0 aromatic rings. The van der Waals surface area contributed by atoms with Crippen molar-refractivity contribution < 1.29 is 19.8 Å². The van der Waals surface area contributed by atoms with Crippen LogP contribution in [0, 0.1) is 0 Å². The average molecular weight is 259 g/mol. The van der Waals surface area contributed by atoms with E-state index in [-0.39, 0.29) is 67.3 Å². The molecule has 0 rings (SSSR count). The first-order chi connectivity index (χ1) is 3.31. The van der Waals surface area contributed by atoms with Crippen LogP contribution in [-0.2, 0) is 14.3 Å². The van der Waals surface area contributed by atoms with Gasteiger partial charge in [0, 0.05) is 0 Å². The monoisotopic (exact) mass is 260 g/mol. The number of aldehydes is 1. The zero-order valence-corrected chi connectivity index (χ0v) is 4.51. The van der Waals surface area contributed by atoms with Crippen LogP contribution >= 0.6 is 0 Å². The average Bonchev–Trinajstić information content (AvgIpc) is 1.68. The number of carbonyl (C=O) groups excluding carboxylic acids is 2. The first-order valence-corrected chi connectivity index (χ1v) is 1.93. The van der Waals surface area contributed by atoms with Crippen LogP contribution in [0.1, 0.15) is 6.92 Å². The summed E-state index contributed by atoms with van der Waals surface area (Å²) < 4.78 is 4.18. The van der Waals surface area contributed by atoms with Crippen LogP contribution in [0.15, 0.2) is 0 Å². The van der Waals surface area contributed by atoms with Crippen molar-refractivity contribution in [3.63, 3.8) is 0 Å². The summed E-state index contributed by atoms with van der Waals surface area (Å²) in [6.07, 6.45) is 0.142. The van der Waals surface area contributed by atoms with Crippen LogP contribution in [0.25, 0.3) is 0 Å². The summed E-state index contributed by atoms with van der Waals surface area (Å²) in [5.74, 6) is -0.803. The van der Waals surface area contributed by atoms with Crippen LogP contribution < -0.4 is 0 Å². The van der Waals surface area contributed by atoms with Crippen molar-refractivity contribution in [2.24, 2.45) is 0 Å². The molecular formula is C4H10BaO4. The molecule has 0 aromatic heterocycles. The molecule has 0 radical (unpaired) electrons. The van der Waals surface area contributed by atoms with Crippen molar-refractivity contribution in [3.8, 4) is 0 Å². The molecule has 0 spiro atoms. The van der Waals surface area contributed by atoms with E-state index in [9.17, 15) is 9.59 Å². The fourth-order valence-corrected chi connectivity index (χ4v) is 0.176. The maximum absolute atomic E-state index is 9.82. The van der Waals surface area contributed by atoms with Crippen LogP contribution in [0.4, 0.5) is 0 Å². The predicted octanol–water partition coefficient (Wildman–Crippen LogP) is -1.99. The maximum atomic E-state index is 9.82. The Balaban J connectivity index is -0.000000180. The van der Waals surface area contributed by atoms with Gasteiger partial charge in [-0.1, -0.05) is 0 Å². The summed E-state index contributed by atoms with van der Waals surface area (Å²) in [4.78, 5) is 19.2. The van der Waals surface area contributed by atoms with Gasteiger partial charge in [-0.3, -0.25) is 4.79 Å². The summed E-state index contributed by atoms with van der Waals surface area (Å²) in [5.41, 5.74) is 0. The fraction of sp³-hybridized carbons (Fsp3) is 0.500. The second-order valence-electron chi connectivity index (χ2n) is 0.870. The molecule has 9 heavy (non-hydrogen) atoms. The van der Waals surface area contributed by atoms with Crippen molar-refractivity contribution >= 4 is 61.1 Å². The normalized spacial score (nSPS) is 5.89. The van der Waals surface area contributed by atoms with Crippen molar-refractivity contribution in [1.29, 1.82) is 0 Å². The van der Waals surface area contributed by atoms with Crippen molar-refractivity contribution in [2.45, 2.75) is 6.92 Å². The quantitative estimate of drug-likeness (QED) is 0.249.